The molecule has 0 fully saturated rings. The molecular formula is C14H8N4O3. The minimum absolute atomic E-state index is 0.298. The van der Waals surface area contributed by atoms with Crippen LogP contribution in [0.4, 0.5) is 11.6 Å². The molecule has 3 aromatic rings. The molecule has 0 aliphatic carbocycles. The van der Waals surface area contributed by atoms with Crippen molar-refractivity contribution in [3.8, 4) is 11.1 Å². The molecule has 3 rings (SSSR count). The fourth-order valence-corrected chi connectivity index (χ4v) is 2.19. The number of hydrogen-bond acceptors (Lipinski definition) is 4. The van der Waals surface area contributed by atoms with Crippen molar-refractivity contribution in [2.24, 2.45) is 5.11 Å². The van der Waals surface area contributed by atoms with Gasteiger partial charge in [0, 0.05) is 16.0 Å². The van der Waals surface area contributed by atoms with Gasteiger partial charge < -0.3 is 4.42 Å². The van der Waals surface area contributed by atoms with Crippen LogP contribution in [0.5, 0.6) is 0 Å². The van der Waals surface area contributed by atoms with E-state index < -0.39 is 4.92 Å². The van der Waals surface area contributed by atoms with Crippen molar-refractivity contribution in [3.05, 3.63) is 69.1 Å². The number of fused-ring (bicyclic) bond motifs is 1. The lowest BCUT2D eigenvalue weighted by molar-refractivity contribution is -0.400. The smallest absolute Gasteiger partial charge is 0.400 e. The Morgan fingerprint density at radius 3 is 2.52 bits per heavy atom. The maximum absolute atomic E-state index is 11.2. The van der Waals surface area contributed by atoms with E-state index in [2.05, 4.69) is 10.0 Å². The highest BCUT2D eigenvalue weighted by molar-refractivity contribution is 5.98. The monoisotopic (exact) mass is 280 g/mol. The van der Waals surface area contributed by atoms with E-state index in [-0.39, 0.29) is 5.88 Å². The van der Waals surface area contributed by atoms with E-state index in [0.717, 1.165) is 0 Å². The molecule has 0 spiro atoms. The SMILES string of the molecule is [N-]=[N+]=Nc1ccc(-c2c([N+](=O)[O-])oc3ccccc23)cc1. The van der Waals surface area contributed by atoms with Gasteiger partial charge in [-0.25, -0.2) is 0 Å². The Morgan fingerprint density at radius 1 is 1.14 bits per heavy atom. The van der Waals surface area contributed by atoms with Gasteiger partial charge in [-0.15, -0.1) is 0 Å². The van der Waals surface area contributed by atoms with Crippen LogP contribution in [-0.4, -0.2) is 4.92 Å². The van der Waals surface area contributed by atoms with Gasteiger partial charge in [-0.2, -0.15) is 0 Å². The van der Waals surface area contributed by atoms with Gasteiger partial charge >= 0.3 is 5.88 Å². The zero-order chi connectivity index (χ0) is 14.8. The quantitative estimate of drug-likeness (QED) is 0.223. The molecule has 0 aliphatic heterocycles. The molecule has 7 heteroatoms. The number of furan rings is 1. The van der Waals surface area contributed by atoms with Crippen LogP contribution >= 0.6 is 0 Å². The third-order valence-electron chi connectivity index (χ3n) is 3.06. The van der Waals surface area contributed by atoms with Gasteiger partial charge in [-0.05, 0) is 17.2 Å². The molecule has 0 amide bonds. The fraction of sp³-hybridized carbons (Fsp3) is 0. The van der Waals surface area contributed by atoms with Gasteiger partial charge in [0.05, 0.1) is 0 Å². The molecule has 0 N–H and O–H groups in total. The average Bonchev–Trinajstić information content (AvgIpc) is 2.88. The fourth-order valence-electron chi connectivity index (χ4n) is 2.19. The Labute approximate surface area is 118 Å². The highest BCUT2D eigenvalue weighted by atomic mass is 16.6. The van der Waals surface area contributed by atoms with E-state index in [0.29, 0.717) is 27.8 Å². The van der Waals surface area contributed by atoms with Crippen molar-refractivity contribution in [1.29, 1.82) is 0 Å². The lowest BCUT2D eigenvalue weighted by Crippen LogP contribution is -1.88. The molecule has 2 aromatic carbocycles. The zero-order valence-electron chi connectivity index (χ0n) is 10.6. The Bertz CT molecular complexity index is 877. The highest BCUT2D eigenvalue weighted by Crippen LogP contribution is 2.39. The first-order chi connectivity index (χ1) is 10.2. The largest absolute Gasteiger partial charge is 0.442 e. The molecule has 0 bridgehead atoms. The van der Waals surface area contributed by atoms with Crippen LogP contribution in [0.1, 0.15) is 0 Å². The summed E-state index contributed by atoms with van der Waals surface area (Å²) in [6, 6.07) is 13.5. The number of nitrogens with zero attached hydrogens (tertiary/aromatic N) is 4. The molecule has 1 aromatic heterocycles. The second kappa shape index (κ2) is 4.99. The van der Waals surface area contributed by atoms with Gasteiger partial charge in [-0.3, -0.25) is 10.1 Å². The molecule has 0 radical (unpaired) electrons. The Kier molecular flexibility index (Phi) is 3.02. The lowest BCUT2D eigenvalue weighted by atomic mass is 10.0. The Hall–Kier alpha value is -3.31. The van der Waals surface area contributed by atoms with Gasteiger partial charge in [-0.1, -0.05) is 47.6 Å². The molecule has 7 nitrogen and oxygen atoms in total. The minimum Gasteiger partial charge on any atom is -0.400 e. The first-order valence-corrected chi connectivity index (χ1v) is 6.02. The van der Waals surface area contributed by atoms with Gasteiger partial charge in [0.2, 0.25) is 0 Å². The van der Waals surface area contributed by atoms with Gasteiger partial charge in [0.25, 0.3) is 0 Å². The van der Waals surface area contributed by atoms with Crippen molar-refractivity contribution in [2.75, 3.05) is 0 Å². The van der Waals surface area contributed by atoms with Crippen LogP contribution < -0.4 is 0 Å². The van der Waals surface area contributed by atoms with E-state index in [1.54, 1.807) is 48.5 Å². The molecule has 0 saturated carbocycles. The highest BCUT2D eigenvalue weighted by Gasteiger charge is 2.24. The summed E-state index contributed by atoms with van der Waals surface area (Å²) in [6.07, 6.45) is 0. The van der Waals surface area contributed by atoms with Crippen LogP contribution in [0.15, 0.2) is 58.1 Å². The second-order valence-corrected chi connectivity index (χ2v) is 4.27. The van der Waals surface area contributed by atoms with Crippen LogP contribution in [0.2, 0.25) is 0 Å². The van der Waals surface area contributed by atoms with Crippen molar-refractivity contribution in [2.45, 2.75) is 0 Å². The van der Waals surface area contributed by atoms with Crippen LogP contribution in [0, 0.1) is 10.1 Å². The summed E-state index contributed by atoms with van der Waals surface area (Å²) >= 11 is 0. The van der Waals surface area contributed by atoms with E-state index in [4.69, 9.17) is 9.95 Å². The predicted molar refractivity (Wildman–Crippen MR) is 77.1 cm³/mol. The molecule has 21 heavy (non-hydrogen) atoms. The van der Waals surface area contributed by atoms with E-state index in [1.807, 2.05) is 0 Å². The van der Waals surface area contributed by atoms with E-state index >= 15 is 0 Å². The molecule has 0 unspecified atom stereocenters. The minimum atomic E-state index is -0.545. The number of para-hydroxylation sites is 1. The first-order valence-electron chi connectivity index (χ1n) is 6.02. The van der Waals surface area contributed by atoms with Crippen LogP contribution in [0.3, 0.4) is 0 Å². The number of nitro groups is 1. The molecule has 0 saturated heterocycles. The summed E-state index contributed by atoms with van der Waals surface area (Å²) in [6.45, 7) is 0. The number of benzene rings is 2. The number of azide groups is 1. The first kappa shape index (κ1) is 12.7. The van der Waals surface area contributed by atoms with Crippen LogP contribution in [-0.2, 0) is 0 Å². The predicted octanol–water partition coefficient (Wildman–Crippen LogP) is 4.95. The van der Waals surface area contributed by atoms with Crippen molar-refractivity contribution < 1.29 is 9.34 Å². The van der Waals surface area contributed by atoms with Gasteiger partial charge in [0.1, 0.15) is 16.1 Å². The Morgan fingerprint density at radius 2 is 1.86 bits per heavy atom. The molecule has 1 heterocycles. The maximum atomic E-state index is 11.2. The molecular weight excluding hydrogens is 272 g/mol. The molecule has 102 valence electrons. The number of hydrogen-bond donors (Lipinski definition) is 0. The second-order valence-electron chi connectivity index (χ2n) is 4.27. The Balaban J connectivity index is 2.24. The van der Waals surface area contributed by atoms with Crippen LogP contribution in [0.25, 0.3) is 32.5 Å². The van der Waals surface area contributed by atoms with E-state index in [9.17, 15) is 10.1 Å². The summed E-state index contributed by atoms with van der Waals surface area (Å²) in [5.41, 5.74) is 10.3. The lowest BCUT2D eigenvalue weighted by Gasteiger charge is -1.99. The standard InChI is InChI=1S/C14H8N4O3/c15-17-16-10-7-5-9(6-8-10)13-11-3-1-2-4-12(11)21-14(13)18(19)20/h1-8H. The topological polar surface area (TPSA) is 105 Å². The summed E-state index contributed by atoms with van der Waals surface area (Å²) in [7, 11) is 0. The normalized spacial score (nSPS) is 10.3. The third-order valence-corrected chi connectivity index (χ3v) is 3.06. The summed E-state index contributed by atoms with van der Waals surface area (Å²) in [4.78, 5) is 13.3. The summed E-state index contributed by atoms with van der Waals surface area (Å²) in [5.74, 6) is -0.298. The zero-order valence-corrected chi connectivity index (χ0v) is 10.6. The van der Waals surface area contributed by atoms with Crippen molar-refractivity contribution >= 4 is 22.5 Å². The van der Waals surface area contributed by atoms with Crippen molar-refractivity contribution in [3.63, 3.8) is 0 Å². The number of rotatable bonds is 3. The molecule has 0 aliphatic rings. The summed E-state index contributed by atoms with van der Waals surface area (Å²) < 4.78 is 5.31. The maximum Gasteiger partial charge on any atom is 0.442 e. The molecule has 0 atom stereocenters. The van der Waals surface area contributed by atoms with E-state index in [1.165, 1.54) is 0 Å². The summed E-state index contributed by atoms with van der Waals surface area (Å²) in [5, 5.41) is 15.3. The van der Waals surface area contributed by atoms with Gasteiger partial charge in [0.15, 0.2) is 0 Å². The average molecular weight is 280 g/mol. The van der Waals surface area contributed by atoms with Crippen molar-refractivity contribution in [1.82, 2.24) is 0 Å². The third kappa shape index (κ3) is 2.18.